The summed E-state index contributed by atoms with van der Waals surface area (Å²) < 4.78 is 0. The lowest BCUT2D eigenvalue weighted by atomic mass is 10.1. The summed E-state index contributed by atoms with van der Waals surface area (Å²) in [6, 6.07) is 8.11. The molecule has 0 aliphatic heterocycles. The molecule has 0 heterocycles. The lowest BCUT2D eigenvalue weighted by Crippen LogP contribution is -2.26. The molecule has 0 aromatic heterocycles. The molecule has 21 heavy (non-hydrogen) atoms. The fourth-order valence-electron chi connectivity index (χ4n) is 1.83. The topological polar surface area (TPSA) is 58.2 Å². The third-order valence-electron chi connectivity index (χ3n) is 3.03. The third-order valence-corrected chi connectivity index (χ3v) is 3.92. The molecule has 5 heteroatoms. The number of carbonyl (C=O) groups excluding carboxylic acids is 2. The predicted molar refractivity (Wildman–Crippen MR) is 88.3 cm³/mol. The van der Waals surface area contributed by atoms with Gasteiger partial charge < -0.3 is 10.6 Å². The van der Waals surface area contributed by atoms with Crippen LogP contribution in [0.2, 0.25) is 0 Å². The van der Waals surface area contributed by atoms with E-state index >= 15 is 0 Å². The van der Waals surface area contributed by atoms with Gasteiger partial charge in [0.2, 0.25) is 5.91 Å². The molecule has 0 bridgehead atoms. The average Bonchev–Trinajstić information content (AvgIpc) is 2.48. The Morgan fingerprint density at radius 2 is 1.76 bits per heavy atom. The quantitative estimate of drug-likeness (QED) is 0.686. The highest BCUT2D eigenvalue weighted by molar-refractivity contribution is 8.12. The molecule has 1 aromatic carbocycles. The minimum absolute atomic E-state index is 0.0994. The van der Waals surface area contributed by atoms with E-state index in [0.29, 0.717) is 12.2 Å². The molecule has 1 amide bonds. The van der Waals surface area contributed by atoms with Crippen molar-refractivity contribution in [1.29, 1.82) is 0 Å². The molecule has 116 valence electrons. The predicted octanol–water partition coefficient (Wildman–Crippen LogP) is 2.12. The van der Waals surface area contributed by atoms with Gasteiger partial charge in [-0.25, -0.2) is 0 Å². The van der Waals surface area contributed by atoms with Crippen LogP contribution in [-0.4, -0.2) is 31.2 Å². The molecule has 0 saturated carbocycles. The fraction of sp³-hybridized carbons (Fsp3) is 0.500. The van der Waals surface area contributed by atoms with Crippen molar-refractivity contribution >= 4 is 22.8 Å². The molecular formula is C16H24N2O2S. The Hall–Kier alpha value is -1.33. The Balaban J connectivity index is 2.25. The van der Waals surface area contributed by atoms with E-state index in [-0.39, 0.29) is 11.0 Å². The SMILES string of the molecule is CNCCCNC(=O)CCc1ccc(CSC(C)=O)cc1. The maximum atomic E-state index is 11.7. The molecular weight excluding hydrogens is 284 g/mol. The van der Waals surface area contributed by atoms with Gasteiger partial charge in [-0.3, -0.25) is 9.59 Å². The minimum atomic E-state index is 0.0994. The van der Waals surface area contributed by atoms with E-state index in [4.69, 9.17) is 0 Å². The number of carbonyl (C=O) groups is 2. The van der Waals surface area contributed by atoms with Crippen LogP contribution in [0, 0.1) is 0 Å². The highest BCUT2D eigenvalue weighted by Gasteiger charge is 2.02. The number of aryl methyl sites for hydroxylation is 1. The largest absolute Gasteiger partial charge is 0.356 e. The van der Waals surface area contributed by atoms with Crippen molar-refractivity contribution in [2.24, 2.45) is 0 Å². The van der Waals surface area contributed by atoms with E-state index in [1.54, 1.807) is 6.92 Å². The molecule has 0 radical (unpaired) electrons. The Bertz CT molecular complexity index is 446. The molecule has 1 rings (SSSR count). The van der Waals surface area contributed by atoms with Crippen LogP contribution in [0.5, 0.6) is 0 Å². The van der Waals surface area contributed by atoms with Gasteiger partial charge in [0.15, 0.2) is 5.12 Å². The van der Waals surface area contributed by atoms with Crippen molar-refractivity contribution < 1.29 is 9.59 Å². The lowest BCUT2D eigenvalue weighted by Gasteiger charge is -2.06. The summed E-state index contributed by atoms with van der Waals surface area (Å²) in [7, 11) is 1.90. The van der Waals surface area contributed by atoms with Crippen LogP contribution in [0.25, 0.3) is 0 Å². The maximum Gasteiger partial charge on any atom is 0.220 e. The molecule has 0 fully saturated rings. The lowest BCUT2D eigenvalue weighted by molar-refractivity contribution is -0.121. The Labute approximate surface area is 131 Å². The zero-order valence-corrected chi connectivity index (χ0v) is 13.6. The van der Waals surface area contributed by atoms with E-state index < -0.39 is 0 Å². The van der Waals surface area contributed by atoms with Crippen molar-refractivity contribution in [3.8, 4) is 0 Å². The minimum Gasteiger partial charge on any atom is -0.356 e. The first-order valence-corrected chi connectivity index (χ1v) is 8.23. The second kappa shape index (κ2) is 10.4. The highest BCUT2D eigenvalue weighted by atomic mass is 32.2. The molecule has 0 unspecified atom stereocenters. The number of rotatable bonds is 9. The molecule has 2 N–H and O–H groups in total. The summed E-state index contributed by atoms with van der Waals surface area (Å²) in [5.74, 6) is 0.809. The molecule has 4 nitrogen and oxygen atoms in total. The van der Waals surface area contributed by atoms with Crippen molar-refractivity contribution in [2.75, 3.05) is 20.1 Å². The zero-order chi connectivity index (χ0) is 15.5. The van der Waals surface area contributed by atoms with Crippen molar-refractivity contribution in [1.82, 2.24) is 10.6 Å². The number of benzene rings is 1. The zero-order valence-electron chi connectivity index (χ0n) is 12.8. The summed E-state index contributed by atoms with van der Waals surface area (Å²) in [6.45, 7) is 3.22. The number of hydrogen-bond donors (Lipinski definition) is 2. The molecule has 0 atom stereocenters. The second-order valence-electron chi connectivity index (χ2n) is 4.90. The average molecular weight is 308 g/mol. The van der Waals surface area contributed by atoms with Gasteiger partial charge in [0.05, 0.1) is 0 Å². The van der Waals surface area contributed by atoms with Crippen LogP contribution in [0.1, 0.15) is 30.9 Å². The van der Waals surface area contributed by atoms with Gasteiger partial charge in [-0.05, 0) is 37.6 Å². The first-order chi connectivity index (χ1) is 10.1. The van der Waals surface area contributed by atoms with Crippen LogP contribution in [-0.2, 0) is 21.8 Å². The Morgan fingerprint density at radius 1 is 1.10 bits per heavy atom. The van der Waals surface area contributed by atoms with E-state index in [9.17, 15) is 9.59 Å². The van der Waals surface area contributed by atoms with Gasteiger partial charge in [-0.1, -0.05) is 36.0 Å². The van der Waals surface area contributed by atoms with E-state index in [1.165, 1.54) is 11.8 Å². The van der Waals surface area contributed by atoms with Gasteiger partial charge in [0.1, 0.15) is 0 Å². The summed E-state index contributed by atoms with van der Waals surface area (Å²) in [6.07, 6.45) is 2.21. The van der Waals surface area contributed by atoms with Gasteiger partial charge in [-0.15, -0.1) is 0 Å². The van der Waals surface area contributed by atoms with Crippen molar-refractivity contribution in [3.63, 3.8) is 0 Å². The maximum absolute atomic E-state index is 11.7. The normalized spacial score (nSPS) is 10.4. The Morgan fingerprint density at radius 3 is 2.38 bits per heavy atom. The molecule has 1 aromatic rings. The summed E-state index contributed by atoms with van der Waals surface area (Å²) >= 11 is 1.31. The van der Waals surface area contributed by atoms with E-state index in [2.05, 4.69) is 10.6 Å². The first-order valence-electron chi connectivity index (χ1n) is 7.24. The van der Waals surface area contributed by atoms with Gasteiger partial charge >= 0.3 is 0 Å². The van der Waals surface area contributed by atoms with Crippen LogP contribution in [0.4, 0.5) is 0 Å². The van der Waals surface area contributed by atoms with E-state index in [1.807, 2.05) is 31.3 Å². The standard InChI is InChI=1S/C16H24N2O2S/c1-13(19)21-12-15-6-4-14(5-7-15)8-9-16(20)18-11-3-10-17-2/h4-7,17H,3,8-12H2,1-2H3,(H,18,20). The number of thioether (sulfide) groups is 1. The number of hydrogen-bond acceptors (Lipinski definition) is 4. The highest BCUT2D eigenvalue weighted by Crippen LogP contribution is 2.14. The van der Waals surface area contributed by atoms with Crippen LogP contribution < -0.4 is 10.6 Å². The number of amides is 1. The van der Waals surface area contributed by atoms with Crippen molar-refractivity contribution in [2.45, 2.75) is 31.9 Å². The summed E-state index contributed by atoms with van der Waals surface area (Å²) in [5, 5.41) is 6.09. The van der Waals surface area contributed by atoms with Crippen LogP contribution in [0.3, 0.4) is 0 Å². The Kier molecular flexibility index (Phi) is 8.78. The fourth-order valence-corrected chi connectivity index (χ4v) is 2.39. The molecule has 0 aliphatic rings. The van der Waals surface area contributed by atoms with Crippen LogP contribution >= 0.6 is 11.8 Å². The summed E-state index contributed by atoms with van der Waals surface area (Å²) in [5.41, 5.74) is 2.28. The monoisotopic (exact) mass is 308 g/mol. The van der Waals surface area contributed by atoms with Gasteiger partial charge in [-0.2, -0.15) is 0 Å². The smallest absolute Gasteiger partial charge is 0.220 e. The van der Waals surface area contributed by atoms with Crippen LogP contribution in [0.15, 0.2) is 24.3 Å². The first kappa shape index (κ1) is 17.7. The van der Waals surface area contributed by atoms with E-state index in [0.717, 1.165) is 37.1 Å². The third kappa shape index (κ3) is 8.52. The summed E-state index contributed by atoms with van der Waals surface area (Å²) in [4.78, 5) is 22.6. The van der Waals surface area contributed by atoms with Gasteiger partial charge in [0, 0.05) is 25.6 Å². The molecule has 0 aliphatic carbocycles. The second-order valence-corrected chi connectivity index (χ2v) is 6.06. The molecule has 0 spiro atoms. The van der Waals surface area contributed by atoms with Crippen molar-refractivity contribution in [3.05, 3.63) is 35.4 Å². The number of nitrogens with one attached hydrogen (secondary N) is 2. The molecule has 0 saturated heterocycles. The van der Waals surface area contributed by atoms with Gasteiger partial charge in [0.25, 0.3) is 0 Å².